The van der Waals surface area contributed by atoms with E-state index in [4.69, 9.17) is 11.6 Å². The van der Waals surface area contributed by atoms with Crippen LogP contribution in [-0.4, -0.2) is 36.5 Å². The maximum Gasteiger partial charge on any atom is 0.0512 e. The topological polar surface area (TPSA) is 15.3 Å². The first-order valence-electron chi connectivity index (χ1n) is 5.19. The third-order valence-electron chi connectivity index (χ3n) is 2.69. The van der Waals surface area contributed by atoms with Crippen LogP contribution in [0.2, 0.25) is 0 Å². The predicted octanol–water partition coefficient (Wildman–Crippen LogP) is 2.58. The maximum atomic E-state index is 12.1. The molecule has 0 bridgehead atoms. The van der Waals surface area contributed by atoms with E-state index in [2.05, 4.69) is 25.9 Å². The van der Waals surface area contributed by atoms with Crippen molar-refractivity contribution in [3.05, 3.63) is 0 Å². The molecule has 4 heteroatoms. The van der Waals surface area contributed by atoms with Crippen molar-refractivity contribution in [3.8, 4) is 0 Å². The predicted molar refractivity (Wildman–Crippen MR) is 60.3 cm³/mol. The third-order valence-corrected chi connectivity index (χ3v) is 3.29. The minimum Gasteiger partial charge on any atom is -0.306 e. The zero-order chi connectivity index (χ0) is 11.1. The molecule has 0 spiro atoms. The van der Waals surface area contributed by atoms with Gasteiger partial charge in [0.25, 0.3) is 0 Å². The number of hydrogen-bond acceptors (Lipinski definition) is 2. The van der Waals surface area contributed by atoms with Crippen LogP contribution in [0.1, 0.15) is 33.1 Å². The summed E-state index contributed by atoms with van der Waals surface area (Å²) < 4.78 is 12.1. The summed E-state index contributed by atoms with van der Waals surface area (Å²) in [5.41, 5.74) is 1.69. The molecule has 0 saturated heterocycles. The van der Waals surface area contributed by atoms with Crippen LogP contribution in [0.25, 0.3) is 0 Å². The lowest BCUT2D eigenvalue weighted by atomic mass is 10.0. The number of hydrogen-bond donors (Lipinski definition) is 1. The lowest BCUT2D eigenvalue weighted by Gasteiger charge is -2.24. The van der Waals surface area contributed by atoms with Gasteiger partial charge in [-0.05, 0) is 40.3 Å². The Labute approximate surface area is 91.7 Å². The van der Waals surface area contributed by atoms with Crippen LogP contribution in [0.15, 0.2) is 0 Å². The van der Waals surface area contributed by atoms with E-state index in [1.165, 1.54) is 0 Å². The van der Waals surface area contributed by atoms with Crippen LogP contribution in [-0.2, 0) is 0 Å². The molecular formula is C10H22ClFN2. The molecule has 0 heterocycles. The SMILES string of the molecule is CCC(CCC(Cl)C(C)NF)N(C)C. The molecule has 0 rings (SSSR count). The number of halogens is 2. The van der Waals surface area contributed by atoms with Crippen molar-refractivity contribution in [1.29, 1.82) is 0 Å². The minimum absolute atomic E-state index is 0.131. The minimum atomic E-state index is -0.267. The molecule has 14 heavy (non-hydrogen) atoms. The van der Waals surface area contributed by atoms with Crippen molar-refractivity contribution in [3.63, 3.8) is 0 Å². The first-order chi connectivity index (χ1) is 6.52. The Morgan fingerprint density at radius 3 is 2.29 bits per heavy atom. The van der Waals surface area contributed by atoms with E-state index >= 15 is 0 Å². The smallest absolute Gasteiger partial charge is 0.0512 e. The molecule has 0 aromatic carbocycles. The Morgan fingerprint density at radius 1 is 1.36 bits per heavy atom. The fourth-order valence-corrected chi connectivity index (χ4v) is 1.67. The second-order valence-electron chi connectivity index (χ2n) is 4.02. The van der Waals surface area contributed by atoms with E-state index in [0.717, 1.165) is 19.3 Å². The number of nitrogens with one attached hydrogen (secondary N) is 1. The van der Waals surface area contributed by atoms with Gasteiger partial charge in [0, 0.05) is 6.04 Å². The lowest BCUT2D eigenvalue weighted by Crippen LogP contribution is -2.32. The summed E-state index contributed by atoms with van der Waals surface area (Å²) in [6, 6.07) is 0.277. The van der Waals surface area contributed by atoms with Gasteiger partial charge in [-0.1, -0.05) is 6.92 Å². The van der Waals surface area contributed by atoms with E-state index in [1.807, 2.05) is 0 Å². The van der Waals surface area contributed by atoms with Gasteiger partial charge in [0.05, 0.1) is 11.4 Å². The number of alkyl halides is 1. The molecule has 0 amide bonds. The second-order valence-corrected chi connectivity index (χ2v) is 4.58. The van der Waals surface area contributed by atoms with Gasteiger partial charge in [0.1, 0.15) is 0 Å². The van der Waals surface area contributed by atoms with Crippen LogP contribution in [0.4, 0.5) is 4.48 Å². The highest BCUT2D eigenvalue weighted by atomic mass is 35.5. The van der Waals surface area contributed by atoms with E-state index in [9.17, 15) is 4.48 Å². The molecule has 3 unspecified atom stereocenters. The monoisotopic (exact) mass is 224 g/mol. The summed E-state index contributed by atoms with van der Waals surface area (Å²) >= 11 is 6.02. The van der Waals surface area contributed by atoms with E-state index in [-0.39, 0.29) is 11.4 Å². The number of nitrogens with zero attached hydrogens (tertiary/aromatic N) is 1. The van der Waals surface area contributed by atoms with Crippen molar-refractivity contribution >= 4 is 11.6 Å². The molecule has 86 valence electrons. The maximum absolute atomic E-state index is 12.1. The highest BCUT2D eigenvalue weighted by Crippen LogP contribution is 2.15. The summed E-state index contributed by atoms with van der Waals surface area (Å²) in [4.78, 5) is 2.19. The van der Waals surface area contributed by atoms with Gasteiger partial charge in [-0.3, -0.25) is 0 Å². The zero-order valence-electron chi connectivity index (χ0n) is 9.56. The summed E-state index contributed by atoms with van der Waals surface area (Å²) in [5.74, 6) is 0. The van der Waals surface area contributed by atoms with Gasteiger partial charge in [-0.25, -0.2) is 0 Å². The Morgan fingerprint density at radius 2 is 1.93 bits per heavy atom. The standard InChI is InChI=1S/C10H22ClFN2/c1-5-9(14(3)4)6-7-10(11)8(2)13-12/h8-10,13H,5-7H2,1-4H3. The molecule has 0 radical (unpaired) electrons. The zero-order valence-corrected chi connectivity index (χ0v) is 10.3. The third kappa shape index (κ3) is 5.13. The van der Waals surface area contributed by atoms with Gasteiger partial charge >= 0.3 is 0 Å². The summed E-state index contributed by atoms with van der Waals surface area (Å²) in [6.07, 6.45) is 2.97. The van der Waals surface area contributed by atoms with Crippen molar-refractivity contribution in [2.75, 3.05) is 14.1 Å². The quantitative estimate of drug-likeness (QED) is 0.528. The molecule has 3 atom stereocenters. The van der Waals surface area contributed by atoms with Gasteiger partial charge in [0.2, 0.25) is 0 Å². The van der Waals surface area contributed by atoms with Gasteiger partial charge < -0.3 is 4.90 Å². The first kappa shape index (κ1) is 14.1. The molecule has 0 aliphatic carbocycles. The molecule has 1 N–H and O–H groups in total. The highest BCUT2D eigenvalue weighted by molar-refractivity contribution is 6.21. The summed E-state index contributed by atoms with van der Waals surface area (Å²) in [6.45, 7) is 3.92. The largest absolute Gasteiger partial charge is 0.306 e. The fraction of sp³-hybridized carbons (Fsp3) is 1.00. The second kappa shape index (κ2) is 7.43. The molecule has 0 saturated carbocycles. The van der Waals surface area contributed by atoms with E-state index in [1.54, 1.807) is 12.5 Å². The van der Waals surface area contributed by atoms with E-state index in [0.29, 0.717) is 6.04 Å². The van der Waals surface area contributed by atoms with Crippen LogP contribution < -0.4 is 5.54 Å². The van der Waals surface area contributed by atoms with Crippen LogP contribution in [0.5, 0.6) is 0 Å². The summed E-state index contributed by atoms with van der Waals surface area (Å²) in [7, 11) is 4.13. The van der Waals surface area contributed by atoms with Crippen LogP contribution >= 0.6 is 11.6 Å². The average molecular weight is 225 g/mol. The Hall–Kier alpha value is 0.140. The van der Waals surface area contributed by atoms with Crippen molar-refractivity contribution in [2.45, 2.75) is 50.6 Å². The summed E-state index contributed by atoms with van der Waals surface area (Å²) in [5, 5.41) is -0.131. The van der Waals surface area contributed by atoms with E-state index < -0.39 is 0 Å². The van der Waals surface area contributed by atoms with Crippen molar-refractivity contribution < 1.29 is 4.48 Å². The molecule has 0 aliphatic rings. The highest BCUT2D eigenvalue weighted by Gasteiger charge is 2.16. The van der Waals surface area contributed by atoms with Crippen LogP contribution in [0, 0.1) is 0 Å². The van der Waals surface area contributed by atoms with Crippen molar-refractivity contribution in [1.82, 2.24) is 10.4 Å². The van der Waals surface area contributed by atoms with Gasteiger partial charge in [0.15, 0.2) is 0 Å². The Balaban J connectivity index is 3.79. The van der Waals surface area contributed by atoms with Gasteiger partial charge in [-0.2, -0.15) is 5.54 Å². The first-order valence-corrected chi connectivity index (χ1v) is 5.63. The van der Waals surface area contributed by atoms with Crippen LogP contribution in [0.3, 0.4) is 0 Å². The molecule has 0 aliphatic heterocycles. The molecular weight excluding hydrogens is 203 g/mol. The molecule has 0 aromatic heterocycles. The Bertz CT molecular complexity index is 144. The molecule has 0 fully saturated rings. The lowest BCUT2D eigenvalue weighted by molar-refractivity contribution is 0.244. The fourth-order valence-electron chi connectivity index (χ4n) is 1.50. The normalized spacial score (nSPS) is 18.2. The van der Waals surface area contributed by atoms with Crippen molar-refractivity contribution in [2.24, 2.45) is 0 Å². The number of rotatable bonds is 7. The Kier molecular flexibility index (Phi) is 7.51. The molecule has 2 nitrogen and oxygen atoms in total. The molecule has 0 aromatic rings. The average Bonchev–Trinajstić information content (AvgIpc) is 2.16. The van der Waals surface area contributed by atoms with Gasteiger partial charge in [-0.15, -0.1) is 16.1 Å².